The summed E-state index contributed by atoms with van der Waals surface area (Å²) in [6, 6.07) is 80.7. The molecule has 0 bridgehead atoms. The first-order valence-electron chi connectivity index (χ1n) is 33.5. The first kappa shape index (κ1) is 56.1. The number of aryl methyl sites for hydroxylation is 2. The molecule has 0 atom stereocenters. The highest BCUT2D eigenvalue weighted by molar-refractivity contribution is 6.30. The summed E-state index contributed by atoms with van der Waals surface area (Å²) in [4.78, 5) is 5.37. The lowest BCUT2D eigenvalue weighted by molar-refractivity contribution is 0.590. The highest BCUT2D eigenvalue weighted by atomic mass is 15.2. The molecule has 14 aromatic rings. The van der Waals surface area contributed by atoms with Crippen LogP contribution in [0.25, 0.3) is 87.3 Å². The number of rotatable bonds is 10. The van der Waals surface area contributed by atoms with Crippen LogP contribution in [0.15, 0.2) is 206 Å². The van der Waals surface area contributed by atoms with Crippen LogP contribution in [0.2, 0.25) is 0 Å². The summed E-state index contributed by atoms with van der Waals surface area (Å²) in [5.41, 5.74) is 26.1. The van der Waals surface area contributed by atoms with Gasteiger partial charge < -0.3 is 18.9 Å². The fraction of sp³-hybridized carbons (Fsp3) is 0.256. The van der Waals surface area contributed by atoms with E-state index in [2.05, 4.69) is 294 Å². The normalized spacial score (nSPS) is 14.0. The third kappa shape index (κ3) is 8.98. The minimum Gasteiger partial charge on any atom is -0.310 e. The van der Waals surface area contributed by atoms with E-state index >= 15 is 0 Å². The summed E-state index contributed by atoms with van der Waals surface area (Å²) in [6.07, 6.45) is 9.17. The molecule has 2 aliphatic rings. The number of benzene rings is 12. The highest BCUT2D eigenvalue weighted by Gasteiger charge is 2.31. The van der Waals surface area contributed by atoms with Crippen molar-refractivity contribution in [3.63, 3.8) is 0 Å². The van der Waals surface area contributed by atoms with Crippen molar-refractivity contribution in [3.05, 3.63) is 251 Å². The molecular formula is C86H82N4. The number of para-hydroxylation sites is 2. The van der Waals surface area contributed by atoms with Gasteiger partial charge in [-0.1, -0.05) is 178 Å². The molecule has 0 saturated heterocycles. The Labute approximate surface area is 531 Å². The van der Waals surface area contributed by atoms with Crippen molar-refractivity contribution in [2.24, 2.45) is 0 Å². The third-order valence-electron chi connectivity index (χ3n) is 20.7. The molecule has 0 saturated carbocycles. The molecule has 0 radical (unpaired) electrons. The van der Waals surface area contributed by atoms with Gasteiger partial charge in [-0.3, -0.25) is 0 Å². The van der Waals surface area contributed by atoms with Gasteiger partial charge in [-0.2, -0.15) is 0 Å². The summed E-state index contributed by atoms with van der Waals surface area (Å²) < 4.78 is 4.95. The van der Waals surface area contributed by atoms with Gasteiger partial charge in [-0.15, -0.1) is 0 Å². The molecule has 446 valence electrons. The lowest BCUT2D eigenvalue weighted by Gasteiger charge is -2.34. The van der Waals surface area contributed by atoms with Crippen molar-refractivity contribution in [2.45, 2.75) is 143 Å². The number of aromatic nitrogens is 2. The van der Waals surface area contributed by atoms with E-state index in [-0.39, 0.29) is 22.7 Å². The highest BCUT2D eigenvalue weighted by Crippen LogP contribution is 2.54. The molecule has 0 unspecified atom stereocenters. The van der Waals surface area contributed by atoms with Crippen molar-refractivity contribution >= 4 is 110 Å². The van der Waals surface area contributed by atoms with E-state index in [4.69, 9.17) is 0 Å². The lowest BCUT2D eigenvalue weighted by atomic mass is 9.83. The maximum atomic E-state index is 2.68. The van der Waals surface area contributed by atoms with Crippen LogP contribution in [0, 0.1) is 0 Å². The molecule has 0 N–H and O–H groups in total. The van der Waals surface area contributed by atoms with E-state index in [1.807, 2.05) is 0 Å². The number of hydrogen-bond acceptors (Lipinski definition) is 2. The molecule has 2 aromatic heterocycles. The van der Waals surface area contributed by atoms with E-state index in [0.29, 0.717) is 0 Å². The number of anilines is 6. The molecule has 16 rings (SSSR count). The average molecular weight is 1170 g/mol. The van der Waals surface area contributed by atoms with Crippen LogP contribution in [-0.4, -0.2) is 9.13 Å². The fourth-order valence-corrected chi connectivity index (χ4v) is 16.1. The molecule has 12 aromatic carbocycles. The van der Waals surface area contributed by atoms with Gasteiger partial charge >= 0.3 is 0 Å². The Balaban J connectivity index is 0.961. The van der Waals surface area contributed by atoms with Crippen LogP contribution in [0.5, 0.6) is 0 Å². The quantitative estimate of drug-likeness (QED) is 0.127. The Morgan fingerprint density at radius 2 is 0.700 bits per heavy atom. The van der Waals surface area contributed by atoms with E-state index in [0.717, 1.165) is 25.7 Å². The molecule has 0 fully saturated rings. The van der Waals surface area contributed by atoms with Crippen LogP contribution in [0.1, 0.15) is 151 Å². The van der Waals surface area contributed by atoms with Crippen LogP contribution < -0.4 is 9.80 Å². The maximum Gasteiger partial charge on any atom is 0.0543 e. The molecule has 2 aliphatic carbocycles. The summed E-state index contributed by atoms with van der Waals surface area (Å²) in [5, 5.41) is 13.0. The van der Waals surface area contributed by atoms with E-state index in [9.17, 15) is 0 Å². The maximum absolute atomic E-state index is 2.68. The Hall–Kier alpha value is -9.12. The van der Waals surface area contributed by atoms with Crippen molar-refractivity contribution in [1.82, 2.24) is 9.13 Å². The van der Waals surface area contributed by atoms with Crippen LogP contribution in [0.3, 0.4) is 0 Å². The van der Waals surface area contributed by atoms with E-state index in [1.165, 1.54) is 192 Å². The molecule has 4 heteroatoms. The third-order valence-corrected chi connectivity index (χ3v) is 20.7. The topological polar surface area (TPSA) is 16.3 Å². The van der Waals surface area contributed by atoms with Gasteiger partial charge in [-0.25, -0.2) is 0 Å². The zero-order valence-corrected chi connectivity index (χ0v) is 54.2. The summed E-state index contributed by atoms with van der Waals surface area (Å²) >= 11 is 0. The smallest absolute Gasteiger partial charge is 0.0543 e. The van der Waals surface area contributed by atoms with Crippen molar-refractivity contribution in [3.8, 4) is 11.4 Å². The summed E-state index contributed by atoms with van der Waals surface area (Å²) in [7, 11) is 0. The second-order valence-corrected chi connectivity index (χ2v) is 29.0. The SMILES string of the molecule is CC(C)c1cc(N(c2ccc3c(c2)c2ccccc2n3-c2ccc(C(C)(C)C)cc2)c2cccc3c2CCCC3)c2ccc3c(C(C)C)cc(N(c4ccc5c(c4)c4ccccc4n5-c4ccc(C(C)(C)C)cc4)c4cccc5c4CCCC5)c4ccc1c2c34. The van der Waals surface area contributed by atoms with Crippen LogP contribution in [-0.2, 0) is 36.5 Å². The molecule has 0 spiro atoms. The molecule has 0 aliphatic heterocycles. The predicted octanol–water partition coefficient (Wildman–Crippen LogP) is 24.3. The van der Waals surface area contributed by atoms with Gasteiger partial charge in [0.1, 0.15) is 0 Å². The van der Waals surface area contributed by atoms with Crippen molar-refractivity contribution < 1.29 is 0 Å². The molecule has 4 nitrogen and oxygen atoms in total. The summed E-state index contributed by atoms with van der Waals surface area (Å²) in [6.45, 7) is 23.4. The minimum absolute atomic E-state index is 0.0660. The largest absolute Gasteiger partial charge is 0.310 e. The Bertz CT molecular complexity index is 4820. The first-order chi connectivity index (χ1) is 43.6. The Morgan fingerprint density at radius 3 is 1.10 bits per heavy atom. The van der Waals surface area contributed by atoms with E-state index in [1.54, 1.807) is 0 Å². The Kier molecular flexibility index (Phi) is 13.3. The van der Waals surface area contributed by atoms with E-state index < -0.39 is 0 Å². The van der Waals surface area contributed by atoms with Crippen molar-refractivity contribution in [2.75, 3.05) is 9.80 Å². The van der Waals surface area contributed by atoms with Gasteiger partial charge in [0, 0.05) is 66.4 Å². The molecular weight excluding hydrogens is 1090 g/mol. The minimum atomic E-state index is 0.0660. The van der Waals surface area contributed by atoms with Gasteiger partial charge in [-0.05, 0) is 237 Å². The monoisotopic (exact) mass is 1170 g/mol. The zero-order valence-electron chi connectivity index (χ0n) is 54.2. The lowest BCUT2D eigenvalue weighted by Crippen LogP contribution is -2.17. The summed E-state index contributed by atoms with van der Waals surface area (Å²) in [5.74, 6) is 0.512. The second-order valence-electron chi connectivity index (χ2n) is 29.0. The van der Waals surface area contributed by atoms with Crippen LogP contribution in [0.4, 0.5) is 34.1 Å². The molecule has 2 heterocycles. The first-order valence-corrected chi connectivity index (χ1v) is 33.5. The zero-order chi connectivity index (χ0) is 61.5. The second kappa shape index (κ2) is 21.3. The number of fused-ring (bicyclic) bond motifs is 8. The molecule has 90 heavy (non-hydrogen) atoms. The van der Waals surface area contributed by atoms with Gasteiger partial charge in [0.2, 0.25) is 0 Å². The molecule has 0 amide bonds. The fourth-order valence-electron chi connectivity index (χ4n) is 16.1. The van der Waals surface area contributed by atoms with Gasteiger partial charge in [0.25, 0.3) is 0 Å². The van der Waals surface area contributed by atoms with Gasteiger partial charge in [0.15, 0.2) is 0 Å². The number of hydrogen-bond donors (Lipinski definition) is 0. The predicted molar refractivity (Wildman–Crippen MR) is 387 cm³/mol. The standard InChI is InChI=1S/C86H82N4/c1-53(2)71-51-81(89(75-31-19-23-55-21-11-13-25-63(55)75)61-41-47-79-73(49-61)65-27-15-17-29-77(65)87(79)59-37-33-57(34-38-59)85(5,6)7)69-46-44-68-72(54(3)4)52-82(70-45-43-67(71)83(69)84(68)70)90(76-32-20-24-56-22-12-14-26-64(56)76)62-42-48-80-74(50-62)66-28-16-18-30-78(66)88(80)60-39-35-58(36-40-60)86(8,9)10/h15-20,23-24,27-54H,11-14,21-22,25-26H2,1-10H3. The van der Waals surface area contributed by atoms with Gasteiger partial charge in [0.05, 0.1) is 33.4 Å². The van der Waals surface area contributed by atoms with Crippen molar-refractivity contribution in [1.29, 1.82) is 0 Å². The average Bonchev–Trinajstić information content (AvgIpc) is 0.815. The number of nitrogens with zero attached hydrogens (tertiary/aromatic N) is 4. The Morgan fingerprint density at radius 1 is 0.322 bits per heavy atom. The van der Waals surface area contributed by atoms with Crippen LogP contribution >= 0.6 is 0 Å².